The van der Waals surface area contributed by atoms with Crippen molar-refractivity contribution >= 4 is 46.4 Å². The highest BCUT2D eigenvalue weighted by Gasteiger charge is 2.20. The van der Waals surface area contributed by atoms with Crippen LogP contribution in [-0.2, 0) is 30.9 Å². The highest BCUT2D eigenvalue weighted by atomic mass is 35.5. The summed E-state index contributed by atoms with van der Waals surface area (Å²) in [7, 11) is 1.67. The summed E-state index contributed by atoms with van der Waals surface area (Å²) in [6.07, 6.45) is 6.76. The first-order valence-corrected chi connectivity index (χ1v) is 12.6. The Bertz CT molecular complexity index is 1280. The van der Waals surface area contributed by atoms with Gasteiger partial charge in [0.05, 0.1) is 20.3 Å². The number of methoxy groups -OCH3 is 1. The molecule has 0 spiro atoms. The maximum Gasteiger partial charge on any atom is 0.243 e. The van der Waals surface area contributed by atoms with E-state index in [4.69, 9.17) is 55.9 Å². The molecular formula is C27H25Cl5N2O2. The summed E-state index contributed by atoms with van der Waals surface area (Å²) in [5, 5.41) is 2.29. The van der Waals surface area contributed by atoms with E-state index in [1.807, 2.05) is 36.5 Å². The Labute approximate surface area is 237 Å². The third-order valence-corrected chi connectivity index (χ3v) is 6.85. The van der Waals surface area contributed by atoms with Crippen molar-refractivity contribution in [2.75, 3.05) is 7.11 Å². The molecule has 0 N–H and O–H groups in total. The molecule has 3 aromatic carbocycles. The molecule has 190 valence electrons. The van der Waals surface area contributed by atoms with E-state index in [2.05, 4.69) is 33.8 Å². The van der Waals surface area contributed by atoms with Gasteiger partial charge in [-0.3, -0.25) is 0 Å². The molecule has 0 saturated heterocycles. The second-order valence-electron chi connectivity index (χ2n) is 8.15. The van der Waals surface area contributed by atoms with Gasteiger partial charge in [0.2, 0.25) is 6.33 Å². The van der Waals surface area contributed by atoms with Crippen LogP contribution in [0.15, 0.2) is 79.4 Å². The van der Waals surface area contributed by atoms with Crippen LogP contribution in [0.5, 0.6) is 5.75 Å². The van der Waals surface area contributed by atoms with Gasteiger partial charge in [-0.05, 0) is 47.5 Å². The summed E-state index contributed by atoms with van der Waals surface area (Å²) in [6, 6.07) is 19.0. The lowest BCUT2D eigenvalue weighted by molar-refractivity contribution is -0.704. The monoisotopic (exact) mass is 584 g/mol. The lowest BCUT2D eigenvalue weighted by atomic mass is 10.1. The molecule has 0 fully saturated rings. The van der Waals surface area contributed by atoms with Gasteiger partial charge in [0.1, 0.15) is 30.8 Å². The quantitative estimate of drug-likeness (QED) is 0.254. The molecule has 1 heterocycles. The Kier molecular flexibility index (Phi) is 10.8. The number of hydrogen-bond donors (Lipinski definition) is 0. The van der Waals surface area contributed by atoms with E-state index >= 15 is 0 Å². The third-order valence-electron chi connectivity index (χ3n) is 5.71. The topological polar surface area (TPSA) is 27.3 Å². The Morgan fingerprint density at radius 3 is 2.25 bits per heavy atom. The number of aromatic nitrogens is 2. The lowest BCUT2D eigenvalue weighted by Crippen LogP contribution is -3.00. The van der Waals surface area contributed by atoms with Gasteiger partial charge in [-0.15, -0.1) is 0 Å². The number of aryl methyl sites for hydroxylation is 2. The standard InChI is InChI=1S/C27H25Cl4N2O2.ClH/c1-34-23-7-2-19(3-8-23)10-11-32-12-13-33(18-32)16-27(24-9-6-22(29)15-26(24)31)35-17-20-4-5-21(28)14-25(20)30;/h2-9,12-15,18,27H,10-11,16-17H2,1H3;1H/q+1;/p-1. The summed E-state index contributed by atoms with van der Waals surface area (Å²) >= 11 is 25.0. The first-order chi connectivity index (χ1) is 16.9. The number of rotatable bonds is 10. The third kappa shape index (κ3) is 7.79. The zero-order valence-corrected chi connectivity index (χ0v) is 23.3. The lowest BCUT2D eigenvalue weighted by Gasteiger charge is -2.19. The molecule has 1 atom stereocenters. The van der Waals surface area contributed by atoms with Gasteiger partial charge in [0.15, 0.2) is 0 Å². The predicted octanol–water partition coefficient (Wildman–Crippen LogP) is 4.60. The van der Waals surface area contributed by atoms with E-state index in [-0.39, 0.29) is 18.5 Å². The number of halogens is 5. The molecule has 1 aromatic heterocycles. The van der Waals surface area contributed by atoms with Crippen LogP contribution in [0.25, 0.3) is 0 Å². The van der Waals surface area contributed by atoms with E-state index in [0.717, 1.165) is 29.8 Å². The molecule has 1 unspecified atom stereocenters. The molecule has 4 rings (SSSR count). The zero-order valence-electron chi connectivity index (χ0n) is 19.5. The molecule has 36 heavy (non-hydrogen) atoms. The summed E-state index contributed by atoms with van der Waals surface area (Å²) in [5.41, 5.74) is 2.97. The molecule has 0 radical (unpaired) electrons. The summed E-state index contributed by atoms with van der Waals surface area (Å²) < 4.78 is 15.8. The van der Waals surface area contributed by atoms with Crippen molar-refractivity contribution in [2.24, 2.45) is 0 Å². The van der Waals surface area contributed by atoms with Crippen molar-refractivity contribution in [3.8, 4) is 5.75 Å². The van der Waals surface area contributed by atoms with Gasteiger partial charge in [-0.1, -0.05) is 70.7 Å². The molecular weight excluding hydrogens is 562 g/mol. The van der Waals surface area contributed by atoms with Gasteiger partial charge in [-0.2, -0.15) is 0 Å². The van der Waals surface area contributed by atoms with E-state index in [1.54, 1.807) is 25.3 Å². The average molecular weight is 587 g/mol. The largest absolute Gasteiger partial charge is 1.00 e. The fourth-order valence-corrected chi connectivity index (χ4v) is 4.75. The maximum atomic E-state index is 6.54. The number of hydrogen-bond acceptors (Lipinski definition) is 2. The fraction of sp³-hybridized carbons (Fsp3) is 0.222. The molecule has 0 bridgehead atoms. The van der Waals surface area contributed by atoms with Crippen LogP contribution in [0, 0.1) is 0 Å². The Morgan fingerprint density at radius 2 is 1.58 bits per heavy atom. The molecule has 4 aromatic rings. The molecule has 0 aliphatic carbocycles. The fourth-order valence-electron chi connectivity index (χ4n) is 3.75. The molecule has 0 aliphatic rings. The van der Waals surface area contributed by atoms with Crippen molar-refractivity contribution in [2.45, 2.75) is 32.2 Å². The number of nitrogens with zero attached hydrogens (tertiary/aromatic N) is 2. The van der Waals surface area contributed by atoms with Gasteiger partial charge in [0, 0.05) is 32.1 Å². The normalized spacial score (nSPS) is 11.7. The van der Waals surface area contributed by atoms with Crippen LogP contribution >= 0.6 is 46.4 Å². The van der Waals surface area contributed by atoms with Crippen molar-refractivity contribution in [1.29, 1.82) is 0 Å². The number of imidazole rings is 1. The first kappa shape index (κ1) is 28.6. The molecule has 0 aliphatic heterocycles. The van der Waals surface area contributed by atoms with Crippen LogP contribution in [0.2, 0.25) is 20.1 Å². The predicted molar refractivity (Wildman–Crippen MR) is 142 cm³/mol. The number of ether oxygens (including phenoxy) is 2. The molecule has 0 amide bonds. The van der Waals surface area contributed by atoms with Crippen molar-refractivity contribution in [3.63, 3.8) is 0 Å². The highest BCUT2D eigenvalue weighted by Crippen LogP contribution is 2.31. The Hall–Kier alpha value is -1.92. The van der Waals surface area contributed by atoms with Crippen LogP contribution in [0.1, 0.15) is 22.8 Å². The summed E-state index contributed by atoms with van der Waals surface area (Å²) in [6.45, 7) is 1.74. The first-order valence-electron chi connectivity index (χ1n) is 11.1. The Morgan fingerprint density at radius 1 is 0.889 bits per heavy atom. The Balaban J connectivity index is 0.00000361. The maximum absolute atomic E-state index is 6.54. The second kappa shape index (κ2) is 13.6. The minimum absolute atomic E-state index is 0. The van der Waals surface area contributed by atoms with E-state index < -0.39 is 0 Å². The van der Waals surface area contributed by atoms with Crippen molar-refractivity contribution in [1.82, 2.24) is 4.57 Å². The van der Waals surface area contributed by atoms with E-state index in [9.17, 15) is 0 Å². The SMILES string of the molecule is COc1ccc(CCn2cc[n+](CC(OCc3ccc(Cl)cc3Cl)c3ccc(Cl)cc3Cl)c2)cc1.[Cl-]. The summed E-state index contributed by atoms with van der Waals surface area (Å²) in [5.74, 6) is 0.861. The number of benzene rings is 3. The summed E-state index contributed by atoms with van der Waals surface area (Å²) in [4.78, 5) is 0. The van der Waals surface area contributed by atoms with E-state index in [0.29, 0.717) is 33.2 Å². The second-order valence-corrected chi connectivity index (χ2v) is 9.83. The van der Waals surface area contributed by atoms with Gasteiger partial charge < -0.3 is 21.9 Å². The molecule has 0 saturated carbocycles. The van der Waals surface area contributed by atoms with Crippen molar-refractivity contribution < 1.29 is 26.4 Å². The minimum Gasteiger partial charge on any atom is -1.00 e. The van der Waals surface area contributed by atoms with Gasteiger partial charge in [-0.25, -0.2) is 9.13 Å². The van der Waals surface area contributed by atoms with Crippen LogP contribution < -0.4 is 21.7 Å². The van der Waals surface area contributed by atoms with Crippen LogP contribution in [0.4, 0.5) is 0 Å². The van der Waals surface area contributed by atoms with Gasteiger partial charge in [0.25, 0.3) is 0 Å². The van der Waals surface area contributed by atoms with E-state index in [1.165, 1.54) is 5.56 Å². The smallest absolute Gasteiger partial charge is 0.243 e. The van der Waals surface area contributed by atoms with Gasteiger partial charge >= 0.3 is 0 Å². The molecule has 4 nitrogen and oxygen atoms in total. The highest BCUT2D eigenvalue weighted by molar-refractivity contribution is 6.35. The zero-order chi connectivity index (χ0) is 24.8. The minimum atomic E-state index is -0.311. The van der Waals surface area contributed by atoms with Crippen LogP contribution in [-0.4, -0.2) is 11.7 Å². The molecule has 9 heteroatoms. The van der Waals surface area contributed by atoms with Crippen molar-refractivity contribution in [3.05, 3.63) is 116 Å². The average Bonchev–Trinajstić information content (AvgIpc) is 3.29. The van der Waals surface area contributed by atoms with Crippen LogP contribution in [0.3, 0.4) is 0 Å².